The van der Waals surface area contributed by atoms with Gasteiger partial charge in [-0.05, 0) is 12.8 Å². The molecule has 0 fully saturated rings. The molecule has 0 aromatic rings. The summed E-state index contributed by atoms with van der Waals surface area (Å²) >= 11 is 0. The van der Waals surface area contributed by atoms with E-state index in [4.69, 9.17) is 0 Å². The van der Waals surface area contributed by atoms with Gasteiger partial charge in [-0.2, -0.15) is 0 Å². The van der Waals surface area contributed by atoms with E-state index in [0.717, 1.165) is 12.8 Å². The Morgan fingerprint density at radius 1 is 0.545 bits per heavy atom. The van der Waals surface area contributed by atoms with E-state index in [1.54, 1.807) is 0 Å². The number of rotatable bonds is 0. The van der Waals surface area contributed by atoms with E-state index in [9.17, 15) is 0 Å². The normalized spacial score (nSPS) is 16.0. The monoisotopic (exact) mass is 284 g/mol. The van der Waals surface area contributed by atoms with Crippen molar-refractivity contribution in [2.75, 3.05) is 0 Å². The Morgan fingerprint density at radius 3 is 0.909 bits per heavy atom. The smallest absolute Gasteiger partial charge is 0 e. The van der Waals surface area contributed by atoms with Gasteiger partial charge >= 0.3 is 0 Å². The summed E-state index contributed by atoms with van der Waals surface area (Å²) in [5.41, 5.74) is 0. The van der Waals surface area contributed by atoms with Gasteiger partial charge in [0.05, 0.1) is 0 Å². The van der Waals surface area contributed by atoms with E-state index in [0.29, 0.717) is 0 Å². The molecular formula is C10H12Sm. The molecule has 0 spiro atoms. The van der Waals surface area contributed by atoms with Gasteiger partial charge in [0, 0.05) is 40.4 Å². The first-order chi connectivity index (χ1) is 5.00. The van der Waals surface area contributed by atoms with Crippen LogP contribution in [0.2, 0.25) is 0 Å². The summed E-state index contributed by atoms with van der Waals surface area (Å²) in [4.78, 5) is 0. The summed E-state index contributed by atoms with van der Waals surface area (Å²) in [6.45, 7) is 0. The van der Waals surface area contributed by atoms with Gasteiger partial charge < -0.3 is 0 Å². The molecule has 0 bridgehead atoms. The number of hydrogen-bond donors (Lipinski definition) is 0. The van der Waals surface area contributed by atoms with Crippen LogP contribution in [0.4, 0.5) is 0 Å². The maximum Gasteiger partial charge on any atom is 0 e. The molecule has 0 radical (unpaired) electrons. The Bertz CT molecular complexity index is 143. The molecule has 0 unspecified atom stereocenters. The molecule has 0 N–H and O–H groups in total. The Labute approximate surface area is 101 Å². The minimum absolute atomic E-state index is 0. The Balaban J connectivity index is 0.000000167. The fraction of sp³-hybridized carbons (Fsp3) is 0.200. The van der Waals surface area contributed by atoms with Crippen LogP contribution in [0.3, 0.4) is 0 Å². The molecule has 0 aromatic heterocycles. The van der Waals surface area contributed by atoms with Crippen molar-refractivity contribution in [3.8, 4) is 0 Å². The Morgan fingerprint density at radius 2 is 0.818 bits per heavy atom. The van der Waals surface area contributed by atoms with Crippen LogP contribution in [0.15, 0.2) is 48.6 Å². The summed E-state index contributed by atoms with van der Waals surface area (Å²) < 4.78 is 0. The standard InChI is InChI=1S/2C5H6.Sm/c2*1-2-4-5-3-1;/h2*1-4H,5H2;. The molecule has 2 aliphatic carbocycles. The molecule has 11 heavy (non-hydrogen) atoms. The van der Waals surface area contributed by atoms with Crippen LogP contribution >= 0.6 is 0 Å². The van der Waals surface area contributed by atoms with Crippen LogP contribution in [0.5, 0.6) is 0 Å². The fourth-order valence-electron chi connectivity index (χ4n) is 0.786. The van der Waals surface area contributed by atoms with Gasteiger partial charge in [-0.3, -0.25) is 0 Å². The molecule has 0 nitrogen and oxygen atoms in total. The maximum absolute atomic E-state index is 2.12. The van der Waals surface area contributed by atoms with Crippen molar-refractivity contribution in [3.05, 3.63) is 48.6 Å². The van der Waals surface area contributed by atoms with Crippen LogP contribution in [0.1, 0.15) is 12.8 Å². The quantitative estimate of drug-likeness (QED) is 0.641. The molecule has 58 valence electrons. The largest absolute Gasteiger partial charge is 0.0808 e. The van der Waals surface area contributed by atoms with E-state index >= 15 is 0 Å². The molecular weight excluding hydrogens is 270 g/mol. The summed E-state index contributed by atoms with van der Waals surface area (Å²) in [6.07, 6.45) is 19.0. The molecule has 0 aliphatic heterocycles. The maximum atomic E-state index is 2.12. The summed E-state index contributed by atoms with van der Waals surface area (Å²) in [5.74, 6) is 0. The van der Waals surface area contributed by atoms with E-state index < -0.39 is 0 Å². The molecule has 1 heteroatoms. The van der Waals surface area contributed by atoms with E-state index in [2.05, 4.69) is 48.6 Å². The average Bonchev–Trinajstić information content (AvgIpc) is 2.67. The SMILES string of the molecule is C1=CCC=C1.C1=CCC=C1.[Sm]. The second kappa shape index (κ2) is 8.39. The van der Waals surface area contributed by atoms with E-state index in [1.165, 1.54) is 0 Å². The molecule has 0 saturated carbocycles. The van der Waals surface area contributed by atoms with Crippen molar-refractivity contribution in [2.24, 2.45) is 0 Å². The molecule has 2 rings (SSSR count). The second-order valence-corrected chi connectivity index (χ2v) is 2.18. The van der Waals surface area contributed by atoms with Gasteiger partial charge in [0.2, 0.25) is 0 Å². The van der Waals surface area contributed by atoms with Crippen molar-refractivity contribution in [3.63, 3.8) is 0 Å². The zero-order valence-corrected chi connectivity index (χ0v) is 9.06. The predicted octanol–water partition coefficient (Wildman–Crippen LogP) is 3.01. The van der Waals surface area contributed by atoms with Gasteiger partial charge in [0.25, 0.3) is 0 Å². The third-order valence-electron chi connectivity index (χ3n) is 1.31. The molecule has 0 atom stereocenters. The molecule has 0 amide bonds. The van der Waals surface area contributed by atoms with Crippen molar-refractivity contribution in [2.45, 2.75) is 12.8 Å². The summed E-state index contributed by atoms with van der Waals surface area (Å²) in [6, 6.07) is 0. The van der Waals surface area contributed by atoms with Crippen molar-refractivity contribution in [1.82, 2.24) is 0 Å². The van der Waals surface area contributed by atoms with Crippen molar-refractivity contribution < 1.29 is 40.4 Å². The van der Waals surface area contributed by atoms with Gasteiger partial charge in [0.1, 0.15) is 0 Å². The zero-order chi connectivity index (χ0) is 7.07. The molecule has 0 heterocycles. The number of allylic oxidation sites excluding steroid dienone is 8. The minimum Gasteiger partial charge on any atom is -0.0808 e. The molecule has 0 saturated heterocycles. The topological polar surface area (TPSA) is 0 Å². The van der Waals surface area contributed by atoms with Gasteiger partial charge in [-0.15, -0.1) is 0 Å². The van der Waals surface area contributed by atoms with Gasteiger partial charge in [0.15, 0.2) is 0 Å². The molecule has 0 aromatic carbocycles. The van der Waals surface area contributed by atoms with Gasteiger partial charge in [-0.25, -0.2) is 0 Å². The first-order valence-electron chi connectivity index (χ1n) is 3.63. The van der Waals surface area contributed by atoms with Crippen molar-refractivity contribution >= 4 is 0 Å². The summed E-state index contributed by atoms with van der Waals surface area (Å²) in [7, 11) is 0. The fourth-order valence-corrected chi connectivity index (χ4v) is 0.786. The van der Waals surface area contributed by atoms with Crippen LogP contribution in [-0.2, 0) is 0 Å². The third kappa shape index (κ3) is 6.69. The average molecular weight is 283 g/mol. The van der Waals surface area contributed by atoms with Crippen LogP contribution < -0.4 is 0 Å². The minimum atomic E-state index is 0. The predicted molar refractivity (Wildman–Crippen MR) is 45.8 cm³/mol. The van der Waals surface area contributed by atoms with Crippen LogP contribution in [0.25, 0.3) is 0 Å². The van der Waals surface area contributed by atoms with Gasteiger partial charge in [-0.1, -0.05) is 48.6 Å². The Hall–Kier alpha value is 0.298. The number of hydrogen-bond acceptors (Lipinski definition) is 0. The first kappa shape index (κ1) is 11.3. The zero-order valence-electron chi connectivity index (χ0n) is 6.44. The van der Waals surface area contributed by atoms with Crippen molar-refractivity contribution in [1.29, 1.82) is 0 Å². The second-order valence-electron chi connectivity index (χ2n) is 2.18. The van der Waals surface area contributed by atoms with Crippen LogP contribution in [-0.4, -0.2) is 0 Å². The third-order valence-corrected chi connectivity index (χ3v) is 1.31. The first-order valence-corrected chi connectivity index (χ1v) is 3.63. The van der Waals surface area contributed by atoms with E-state index in [1.807, 2.05) is 0 Å². The van der Waals surface area contributed by atoms with E-state index in [-0.39, 0.29) is 40.4 Å². The van der Waals surface area contributed by atoms with Crippen LogP contribution in [0, 0.1) is 40.4 Å². The summed E-state index contributed by atoms with van der Waals surface area (Å²) in [5, 5.41) is 0. The molecule has 2 aliphatic rings. The Kier molecular flexibility index (Phi) is 8.62.